The fraction of sp³-hybridized carbons (Fsp3) is 0. The first-order valence-electron chi connectivity index (χ1n) is 6.33. The number of carbonyl (C=O) groups is 1. The molecule has 96 valence electrons. The van der Waals surface area contributed by atoms with Crippen LogP contribution in [0.4, 0.5) is 0 Å². The number of para-hydroxylation sites is 2. The zero-order valence-electron chi connectivity index (χ0n) is 10.5. The second-order valence-corrected chi connectivity index (χ2v) is 4.77. The molecule has 0 bridgehead atoms. The number of H-pyrrole nitrogens is 1. The van der Waals surface area contributed by atoms with Crippen LogP contribution in [0.15, 0.2) is 48.5 Å². The molecule has 2 heterocycles. The molecule has 0 unspecified atom stereocenters. The summed E-state index contributed by atoms with van der Waals surface area (Å²) >= 11 is 0. The summed E-state index contributed by atoms with van der Waals surface area (Å²) in [5.74, 6) is -0.167. The summed E-state index contributed by atoms with van der Waals surface area (Å²) < 4.78 is 0. The van der Waals surface area contributed by atoms with Gasteiger partial charge >= 0.3 is 5.91 Å². The van der Waals surface area contributed by atoms with E-state index in [2.05, 4.69) is 9.98 Å². The van der Waals surface area contributed by atoms with Gasteiger partial charge in [0.15, 0.2) is 5.88 Å². The number of aromatic hydroxyl groups is 1. The SMILES string of the molecule is O=C1[NH+]=c2ccccc2=C1c1c(O)[nH]c2ccccc12. The van der Waals surface area contributed by atoms with Gasteiger partial charge in [-0.2, -0.15) is 4.99 Å². The minimum Gasteiger partial charge on any atom is -0.494 e. The summed E-state index contributed by atoms with van der Waals surface area (Å²) in [7, 11) is 0. The molecule has 0 fully saturated rings. The lowest BCUT2D eigenvalue weighted by molar-refractivity contribution is -0.406. The van der Waals surface area contributed by atoms with E-state index in [1.807, 2.05) is 48.5 Å². The normalized spacial score (nSPS) is 13.6. The van der Waals surface area contributed by atoms with E-state index in [1.165, 1.54) is 0 Å². The Hall–Kier alpha value is -2.88. The van der Waals surface area contributed by atoms with E-state index in [9.17, 15) is 9.90 Å². The first kappa shape index (κ1) is 11.0. The standard InChI is InChI=1S/C16H10N2O2/c19-15-13(9-5-1-3-7-11(9)17-15)14-10-6-2-4-8-12(10)18-16(14)20/h1-8,17,19H/p+1. The largest absolute Gasteiger partial charge is 0.494 e. The maximum atomic E-state index is 12.3. The molecule has 0 saturated carbocycles. The number of carbonyl (C=O) groups excluding carboxylic acids is 1. The van der Waals surface area contributed by atoms with Gasteiger partial charge in [0.2, 0.25) is 5.36 Å². The molecule has 1 aliphatic heterocycles. The Morgan fingerprint density at radius 1 is 1.00 bits per heavy atom. The van der Waals surface area contributed by atoms with Crippen molar-refractivity contribution in [3.63, 3.8) is 0 Å². The maximum Gasteiger partial charge on any atom is 0.419 e. The van der Waals surface area contributed by atoms with Gasteiger partial charge in [-0.25, -0.2) is 4.79 Å². The molecule has 4 rings (SSSR count). The average molecular weight is 263 g/mol. The number of benzene rings is 2. The summed E-state index contributed by atoms with van der Waals surface area (Å²) in [6, 6.07) is 15.0. The van der Waals surface area contributed by atoms with E-state index in [-0.39, 0.29) is 11.8 Å². The van der Waals surface area contributed by atoms with Crippen molar-refractivity contribution in [3.8, 4) is 5.88 Å². The lowest BCUT2D eigenvalue weighted by atomic mass is 10.0. The van der Waals surface area contributed by atoms with E-state index in [4.69, 9.17) is 0 Å². The number of hydrogen-bond acceptors (Lipinski definition) is 2. The van der Waals surface area contributed by atoms with Crippen molar-refractivity contribution in [2.45, 2.75) is 0 Å². The van der Waals surface area contributed by atoms with Crippen LogP contribution in [0.2, 0.25) is 0 Å². The van der Waals surface area contributed by atoms with Crippen LogP contribution in [0.5, 0.6) is 5.88 Å². The van der Waals surface area contributed by atoms with Gasteiger partial charge in [-0.3, -0.25) is 0 Å². The quantitative estimate of drug-likeness (QED) is 0.544. The fourth-order valence-electron chi connectivity index (χ4n) is 2.75. The zero-order valence-corrected chi connectivity index (χ0v) is 10.5. The van der Waals surface area contributed by atoms with E-state index < -0.39 is 0 Å². The molecule has 0 saturated heterocycles. The Labute approximate surface area is 113 Å². The molecule has 0 radical (unpaired) electrons. The van der Waals surface area contributed by atoms with Gasteiger partial charge in [0, 0.05) is 17.0 Å². The minimum absolute atomic E-state index is 0.0213. The second-order valence-electron chi connectivity index (χ2n) is 4.77. The molecular formula is C16H11N2O2+. The first-order valence-corrected chi connectivity index (χ1v) is 6.33. The molecule has 1 amide bonds. The third-order valence-electron chi connectivity index (χ3n) is 3.61. The lowest BCUT2D eigenvalue weighted by Crippen LogP contribution is -2.79. The van der Waals surface area contributed by atoms with Gasteiger partial charge in [0.05, 0.1) is 10.8 Å². The average Bonchev–Trinajstić information content (AvgIpc) is 2.94. The van der Waals surface area contributed by atoms with Crippen LogP contribution in [0.3, 0.4) is 0 Å². The van der Waals surface area contributed by atoms with Crippen LogP contribution >= 0.6 is 0 Å². The van der Waals surface area contributed by atoms with Crippen molar-refractivity contribution < 1.29 is 14.9 Å². The Morgan fingerprint density at radius 3 is 2.65 bits per heavy atom. The number of aromatic nitrogens is 1. The topological polar surface area (TPSA) is 67.1 Å². The van der Waals surface area contributed by atoms with E-state index >= 15 is 0 Å². The summed E-state index contributed by atoms with van der Waals surface area (Å²) in [5, 5.41) is 12.6. The summed E-state index contributed by atoms with van der Waals surface area (Å²) in [6.07, 6.45) is 0. The van der Waals surface area contributed by atoms with Crippen LogP contribution in [-0.2, 0) is 4.79 Å². The van der Waals surface area contributed by atoms with E-state index in [1.54, 1.807) is 0 Å². The van der Waals surface area contributed by atoms with Crippen molar-refractivity contribution in [2.24, 2.45) is 0 Å². The van der Waals surface area contributed by atoms with Crippen LogP contribution < -0.4 is 15.6 Å². The Kier molecular flexibility index (Phi) is 2.09. The van der Waals surface area contributed by atoms with Crippen molar-refractivity contribution in [2.75, 3.05) is 0 Å². The number of aromatic amines is 1. The van der Waals surface area contributed by atoms with E-state index in [0.29, 0.717) is 11.1 Å². The van der Waals surface area contributed by atoms with Crippen LogP contribution in [-0.4, -0.2) is 16.0 Å². The number of hydrogen-bond donors (Lipinski definition) is 3. The maximum absolute atomic E-state index is 12.3. The molecule has 0 aliphatic carbocycles. The number of nitrogens with one attached hydrogen (secondary N) is 2. The van der Waals surface area contributed by atoms with Crippen molar-refractivity contribution in [1.82, 2.24) is 4.98 Å². The van der Waals surface area contributed by atoms with Crippen molar-refractivity contribution >= 4 is 22.4 Å². The molecule has 3 N–H and O–H groups in total. The highest BCUT2D eigenvalue weighted by Crippen LogP contribution is 2.31. The third kappa shape index (κ3) is 1.36. The number of fused-ring (bicyclic) bond motifs is 2. The third-order valence-corrected chi connectivity index (χ3v) is 3.61. The van der Waals surface area contributed by atoms with Crippen LogP contribution in [0.25, 0.3) is 16.5 Å². The fourth-order valence-corrected chi connectivity index (χ4v) is 2.75. The summed E-state index contributed by atoms with van der Waals surface area (Å²) in [6.45, 7) is 0. The molecule has 2 aromatic carbocycles. The highest BCUT2D eigenvalue weighted by atomic mass is 16.3. The molecule has 20 heavy (non-hydrogen) atoms. The predicted molar refractivity (Wildman–Crippen MR) is 73.2 cm³/mol. The molecule has 4 heteroatoms. The highest BCUT2D eigenvalue weighted by Gasteiger charge is 2.29. The van der Waals surface area contributed by atoms with Crippen molar-refractivity contribution in [3.05, 3.63) is 64.7 Å². The molecule has 0 spiro atoms. The Bertz CT molecular complexity index is 983. The van der Waals surface area contributed by atoms with Gasteiger partial charge in [-0.15, -0.1) is 0 Å². The van der Waals surface area contributed by atoms with Gasteiger partial charge in [0.25, 0.3) is 0 Å². The zero-order chi connectivity index (χ0) is 13.7. The molecule has 1 aromatic heterocycles. The monoisotopic (exact) mass is 263 g/mol. The smallest absolute Gasteiger partial charge is 0.419 e. The van der Waals surface area contributed by atoms with Gasteiger partial charge in [0.1, 0.15) is 5.57 Å². The van der Waals surface area contributed by atoms with Crippen LogP contribution in [0, 0.1) is 0 Å². The minimum atomic E-state index is -0.189. The number of amides is 1. The molecule has 3 aromatic rings. The molecule has 1 aliphatic rings. The van der Waals surface area contributed by atoms with Gasteiger partial charge in [-0.05, 0) is 12.1 Å². The second kappa shape index (κ2) is 3.81. The molecule has 4 nitrogen and oxygen atoms in total. The van der Waals surface area contributed by atoms with Crippen LogP contribution in [0.1, 0.15) is 5.56 Å². The van der Waals surface area contributed by atoms with E-state index in [0.717, 1.165) is 21.5 Å². The Morgan fingerprint density at radius 2 is 1.75 bits per heavy atom. The summed E-state index contributed by atoms with van der Waals surface area (Å²) in [5.41, 5.74) is 1.88. The Balaban J connectivity index is 2.19. The van der Waals surface area contributed by atoms with Gasteiger partial charge in [-0.1, -0.05) is 30.3 Å². The predicted octanol–water partition coefficient (Wildman–Crippen LogP) is -0.687. The molecular weight excluding hydrogens is 252 g/mol. The highest BCUT2D eigenvalue weighted by molar-refractivity contribution is 6.19. The first-order chi connectivity index (χ1) is 9.75. The number of rotatable bonds is 1. The summed E-state index contributed by atoms with van der Waals surface area (Å²) in [4.78, 5) is 18.0. The van der Waals surface area contributed by atoms with Crippen molar-refractivity contribution in [1.29, 1.82) is 0 Å². The van der Waals surface area contributed by atoms with Gasteiger partial charge < -0.3 is 10.1 Å². The molecule has 0 atom stereocenters. The lowest BCUT2D eigenvalue weighted by Gasteiger charge is -1.96.